The molecule has 1 aromatic carbocycles. The molecule has 0 unspecified atom stereocenters. The maximum absolute atomic E-state index is 13.3. The van der Waals surface area contributed by atoms with Crippen molar-refractivity contribution in [3.63, 3.8) is 0 Å². The van der Waals surface area contributed by atoms with Gasteiger partial charge in [-0.3, -0.25) is 9.36 Å². The van der Waals surface area contributed by atoms with Crippen molar-refractivity contribution >= 4 is 5.91 Å². The first-order valence-electron chi connectivity index (χ1n) is 8.76. The van der Waals surface area contributed by atoms with Crippen molar-refractivity contribution in [2.75, 3.05) is 13.7 Å². The van der Waals surface area contributed by atoms with Crippen LogP contribution in [0.25, 0.3) is 5.82 Å². The largest absolute Gasteiger partial charge is 0.383 e. The fourth-order valence-corrected chi connectivity index (χ4v) is 2.88. The Morgan fingerprint density at radius 2 is 1.89 bits per heavy atom. The van der Waals surface area contributed by atoms with E-state index in [4.69, 9.17) is 4.74 Å². The lowest BCUT2D eigenvalue weighted by Crippen LogP contribution is -2.41. The topological polar surface area (TPSA) is 73.1 Å². The van der Waals surface area contributed by atoms with Crippen LogP contribution in [-0.4, -0.2) is 50.3 Å². The molecule has 0 bridgehead atoms. The van der Waals surface area contributed by atoms with E-state index in [0.29, 0.717) is 24.7 Å². The number of hydrogen-bond donors (Lipinski definition) is 0. The smallest absolute Gasteiger partial charge is 0.273 e. The van der Waals surface area contributed by atoms with Gasteiger partial charge in [0.1, 0.15) is 24.2 Å². The van der Waals surface area contributed by atoms with E-state index in [9.17, 15) is 4.79 Å². The summed E-state index contributed by atoms with van der Waals surface area (Å²) in [5, 5.41) is 7.57. The van der Waals surface area contributed by atoms with E-state index in [2.05, 4.69) is 15.2 Å². The van der Waals surface area contributed by atoms with E-state index in [-0.39, 0.29) is 11.9 Å². The maximum Gasteiger partial charge on any atom is 0.273 e. The Kier molecular flexibility index (Phi) is 5.93. The van der Waals surface area contributed by atoms with E-state index in [1.807, 2.05) is 50.2 Å². The minimum Gasteiger partial charge on any atom is -0.383 e. The highest BCUT2D eigenvalue weighted by molar-refractivity contribution is 5.92. The lowest BCUT2D eigenvalue weighted by molar-refractivity contribution is 0.0536. The molecule has 0 aliphatic carbocycles. The Bertz CT molecular complexity index is 895. The zero-order chi connectivity index (χ0) is 19.2. The molecule has 7 heteroatoms. The summed E-state index contributed by atoms with van der Waals surface area (Å²) in [6.07, 6.45) is 3.10. The SMILES string of the molecule is COC[C@H](C)N(Cc1ccccc1C)C(=O)c1cccc(-n2cnnc2)n1. The first-order chi connectivity index (χ1) is 13.1. The normalized spacial score (nSPS) is 12.0. The quantitative estimate of drug-likeness (QED) is 0.644. The summed E-state index contributed by atoms with van der Waals surface area (Å²) in [5.74, 6) is 0.457. The van der Waals surface area contributed by atoms with Crippen molar-refractivity contribution < 1.29 is 9.53 Å². The Balaban J connectivity index is 1.91. The Labute approximate surface area is 158 Å². The van der Waals surface area contributed by atoms with E-state index in [1.54, 1.807) is 35.3 Å². The first-order valence-corrected chi connectivity index (χ1v) is 8.76. The first kappa shape index (κ1) is 18.7. The molecule has 0 spiro atoms. The summed E-state index contributed by atoms with van der Waals surface area (Å²) >= 11 is 0. The molecule has 0 saturated carbocycles. The molecule has 7 nitrogen and oxygen atoms in total. The third kappa shape index (κ3) is 4.38. The van der Waals surface area contributed by atoms with Crippen molar-refractivity contribution in [3.8, 4) is 5.82 Å². The number of aryl methyl sites for hydroxylation is 1. The van der Waals surface area contributed by atoms with E-state index in [1.165, 1.54) is 0 Å². The van der Waals surface area contributed by atoms with Gasteiger partial charge in [-0.15, -0.1) is 10.2 Å². The zero-order valence-corrected chi connectivity index (χ0v) is 15.7. The van der Waals surface area contributed by atoms with Crippen molar-refractivity contribution in [2.45, 2.75) is 26.4 Å². The summed E-state index contributed by atoms with van der Waals surface area (Å²) in [6, 6.07) is 13.3. The van der Waals surface area contributed by atoms with Crippen LogP contribution in [0.2, 0.25) is 0 Å². The summed E-state index contributed by atoms with van der Waals surface area (Å²) in [6.45, 7) is 4.96. The third-order valence-corrected chi connectivity index (χ3v) is 4.44. The van der Waals surface area contributed by atoms with Crippen molar-refractivity contribution in [3.05, 3.63) is 71.9 Å². The van der Waals surface area contributed by atoms with Gasteiger partial charge in [0.05, 0.1) is 12.6 Å². The fourth-order valence-electron chi connectivity index (χ4n) is 2.88. The zero-order valence-electron chi connectivity index (χ0n) is 15.7. The fraction of sp³-hybridized carbons (Fsp3) is 0.300. The van der Waals surface area contributed by atoms with Gasteiger partial charge in [0.15, 0.2) is 0 Å². The molecule has 0 radical (unpaired) electrons. The molecule has 0 saturated heterocycles. The molecule has 0 fully saturated rings. The molecule has 3 rings (SSSR count). The second-order valence-corrected chi connectivity index (χ2v) is 6.41. The molecule has 0 N–H and O–H groups in total. The minimum atomic E-state index is -0.141. The second kappa shape index (κ2) is 8.55. The molecule has 0 aliphatic rings. The number of pyridine rings is 1. The van der Waals surface area contributed by atoms with E-state index < -0.39 is 0 Å². The number of methoxy groups -OCH3 is 1. The lowest BCUT2D eigenvalue weighted by atomic mass is 10.1. The highest BCUT2D eigenvalue weighted by Gasteiger charge is 2.23. The molecule has 1 amide bonds. The molecular formula is C20H23N5O2. The van der Waals surface area contributed by atoms with Crippen LogP contribution in [0.4, 0.5) is 0 Å². The summed E-state index contributed by atoms with van der Waals surface area (Å²) in [5.41, 5.74) is 2.62. The predicted octanol–water partition coefficient (Wildman–Crippen LogP) is 2.65. The Morgan fingerprint density at radius 3 is 2.59 bits per heavy atom. The highest BCUT2D eigenvalue weighted by atomic mass is 16.5. The average Bonchev–Trinajstić information content (AvgIpc) is 3.22. The summed E-state index contributed by atoms with van der Waals surface area (Å²) in [4.78, 5) is 19.6. The number of amides is 1. The van der Waals surface area contributed by atoms with Gasteiger partial charge < -0.3 is 9.64 Å². The van der Waals surface area contributed by atoms with Crippen LogP contribution < -0.4 is 0 Å². The number of benzene rings is 1. The van der Waals surface area contributed by atoms with Crippen LogP contribution in [0.1, 0.15) is 28.5 Å². The minimum absolute atomic E-state index is 0.0949. The number of carbonyl (C=O) groups is 1. The standard InChI is InChI=1S/C20H23N5O2/c1-15-7-4-5-8-17(15)11-25(16(2)12-27-3)20(26)18-9-6-10-19(23-18)24-13-21-22-14-24/h4-10,13-14,16H,11-12H2,1-3H3/t16-/m0/s1. The number of nitrogens with zero attached hydrogens (tertiary/aromatic N) is 5. The van der Waals surface area contributed by atoms with Crippen molar-refractivity contribution in [1.29, 1.82) is 0 Å². The van der Waals surface area contributed by atoms with Gasteiger partial charge in [-0.1, -0.05) is 30.3 Å². The van der Waals surface area contributed by atoms with E-state index in [0.717, 1.165) is 11.1 Å². The predicted molar refractivity (Wildman–Crippen MR) is 102 cm³/mol. The summed E-state index contributed by atoms with van der Waals surface area (Å²) in [7, 11) is 1.64. The highest BCUT2D eigenvalue weighted by Crippen LogP contribution is 2.16. The van der Waals surface area contributed by atoms with Gasteiger partial charge in [-0.25, -0.2) is 4.98 Å². The molecule has 3 aromatic rings. The van der Waals surface area contributed by atoms with Crippen LogP contribution >= 0.6 is 0 Å². The third-order valence-electron chi connectivity index (χ3n) is 4.44. The van der Waals surface area contributed by atoms with Gasteiger partial charge in [0, 0.05) is 13.7 Å². The number of ether oxygens (including phenoxy) is 1. The van der Waals surface area contributed by atoms with Crippen LogP contribution in [0, 0.1) is 6.92 Å². The molecular weight excluding hydrogens is 342 g/mol. The van der Waals surface area contributed by atoms with Gasteiger partial charge in [-0.2, -0.15) is 0 Å². The second-order valence-electron chi connectivity index (χ2n) is 6.41. The molecule has 1 atom stereocenters. The van der Waals surface area contributed by atoms with Gasteiger partial charge >= 0.3 is 0 Å². The van der Waals surface area contributed by atoms with Crippen LogP contribution in [0.3, 0.4) is 0 Å². The number of rotatable bonds is 7. The Hall–Kier alpha value is -3.06. The van der Waals surface area contributed by atoms with Crippen molar-refractivity contribution in [1.82, 2.24) is 24.6 Å². The van der Waals surface area contributed by atoms with Gasteiger partial charge in [0.25, 0.3) is 5.91 Å². The van der Waals surface area contributed by atoms with Gasteiger partial charge in [-0.05, 0) is 37.1 Å². The van der Waals surface area contributed by atoms with Crippen LogP contribution in [0.5, 0.6) is 0 Å². The summed E-state index contributed by atoms with van der Waals surface area (Å²) < 4.78 is 6.95. The Morgan fingerprint density at radius 1 is 1.15 bits per heavy atom. The van der Waals surface area contributed by atoms with E-state index >= 15 is 0 Å². The van der Waals surface area contributed by atoms with Crippen LogP contribution in [0.15, 0.2) is 55.1 Å². The maximum atomic E-state index is 13.3. The van der Waals surface area contributed by atoms with Crippen LogP contribution in [-0.2, 0) is 11.3 Å². The molecule has 2 aromatic heterocycles. The molecule has 27 heavy (non-hydrogen) atoms. The van der Waals surface area contributed by atoms with Crippen molar-refractivity contribution in [2.24, 2.45) is 0 Å². The number of carbonyl (C=O) groups excluding carboxylic acids is 1. The number of hydrogen-bond acceptors (Lipinski definition) is 5. The lowest BCUT2D eigenvalue weighted by Gasteiger charge is -2.29. The van der Waals surface area contributed by atoms with Gasteiger partial charge in [0.2, 0.25) is 0 Å². The molecule has 140 valence electrons. The molecule has 0 aliphatic heterocycles. The average molecular weight is 365 g/mol. The monoisotopic (exact) mass is 365 g/mol. The molecule has 2 heterocycles. The number of aromatic nitrogens is 4.